The minimum absolute atomic E-state index is 0. The Hall–Kier alpha value is -0.720. The van der Waals surface area contributed by atoms with E-state index in [1.807, 2.05) is 0 Å². The zero-order valence-corrected chi connectivity index (χ0v) is 11.5. The Labute approximate surface area is 116 Å². The molecule has 0 radical (unpaired) electrons. The number of aryl methyl sites for hydroxylation is 1. The molecule has 1 heterocycles. The highest BCUT2D eigenvalue weighted by molar-refractivity contribution is 5.85. The predicted molar refractivity (Wildman–Crippen MR) is 67.6 cm³/mol. The summed E-state index contributed by atoms with van der Waals surface area (Å²) in [7, 11) is 0. The van der Waals surface area contributed by atoms with E-state index in [2.05, 4.69) is 9.72 Å². The van der Waals surface area contributed by atoms with Crippen molar-refractivity contribution in [1.29, 1.82) is 0 Å². The van der Waals surface area contributed by atoms with Gasteiger partial charge in [0.15, 0.2) is 6.61 Å². The van der Waals surface area contributed by atoms with Crippen LogP contribution in [0.3, 0.4) is 0 Å². The average molecular weight is 307 g/mol. The van der Waals surface area contributed by atoms with Crippen LogP contribution in [0, 0.1) is 6.92 Å². The van der Waals surface area contributed by atoms with Gasteiger partial charge in [0.2, 0.25) is 0 Å². The van der Waals surface area contributed by atoms with E-state index >= 15 is 0 Å². The Morgan fingerprint density at radius 1 is 1.33 bits per heavy atom. The van der Waals surface area contributed by atoms with E-state index < -0.39 is 12.8 Å². The van der Waals surface area contributed by atoms with Gasteiger partial charge in [-0.05, 0) is 26.0 Å². The normalized spacial score (nSPS) is 12.1. The van der Waals surface area contributed by atoms with Crippen molar-refractivity contribution in [3.05, 3.63) is 23.5 Å². The Morgan fingerprint density at radius 3 is 2.28 bits per heavy atom. The van der Waals surface area contributed by atoms with Crippen LogP contribution in [-0.2, 0) is 0 Å². The van der Waals surface area contributed by atoms with Crippen molar-refractivity contribution in [2.24, 2.45) is 5.73 Å². The van der Waals surface area contributed by atoms with Gasteiger partial charge in [0.1, 0.15) is 5.75 Å². The van der Waals surface area contributed by atoms with Crippen LogP contribution in [0.4, 0.5) is 13.2 Å². The van der Waals surface area contributed by atoms with Gasteiger partial charge in [-0.15, -0.1) is 24.8 Å². The van der Waals surface area contributed by atoms with Gasteiger partial charge in [-0.25, -0.2) is 0 Å². The molecule has 0 aliphatic carbocycles. The van der Waals surface area contributed by atoms with Crippen LogP contribution in [-0.4, -0.2) is 17.8 Å². The molecule has 2 N–H and O–H groups in total. The summed E-state index contributed by atoms with van der Waals surface area (Å²) in [6.07, 6.45) is -4.34. The molecule has 0 aliphatic heterocycles. The molecule has 1 aromatic heterocycles. The molecule has 106 valence electrons. The monoisotopic (exact) mass is 306 g/mol. The zero-order chi connectivity index (χ0) is 12.3. The molecule has 0 aromatic carbocycles. The second-order valence-corrected chi connectivity index (χ2v) is 3.51. The van der Waals surface area contributed by atoms with Crippen molar-refractivity contribution in [2.75, 3.05) is 6.61 Å². The summed E-state index contributed by atoms with van der Waals surface area (Å²) in [5.41, 5.74) is 6.62. The Balaban J connectivity index is 0. The molecule has 1 atom stereocenters. The topological polar surface area (TPSA) is 48.1 Å². The number of rotatable bonds is 3. The summed E-state index contributed by atoms with van der Waals surface area (Å²) in [4.78, 5) is 4.06. The van der Waals surface area contributed by atoms with Gasteiger partial charge in [-0.1, -0.05) is 0 Å². The maximum Gasteiger partial charge on any atom is 0.422 e. The molecule has 0 amide bonds. The third-order valence-corrected chi connectivity index (χ3v) is 1.92. The standard InChI is InChI=1S/C10H13F3N2O.2ClH/c1-6(14)8-3-4-9(7(2)15-8)16-5-10(11,12)13;;/h3-4,6H,5,14H2,1-2H3;2*1H/t6-;;/m1../s1. The van der Waals surface area contributed by atoms with Gasteiger partial charge in [-0.3, -0.25) is 4.98 Å². The minimum atomic E-state index is -4.34. The molecule has 1 rings (SSSR count). The lowest BCUT2D eigenvalue weighted by Gasteiger charge is -2.12. The number of hydrogen-bond acceptors (Lipinski definition) is 3. The highest BCUT2D eigenvalue weighted by Crippen LogP contribution is 2.21. The summed E-state index contributed by atoms with van der Waals surface area (Å²) < 4.78 is 40.4. The fraction of sp³-hybridized carbons (Fsp3) is 0.500. The van der Waals surface area contributed by atoms with Crippen molar-refractivity contribution in [3.63, 3.8) is 0 Å². The van der Waals surface area contributed by atoms with E-state index in [9.17, 15) is 13.2 Å². The number of alkyl halides is 3. The molecule has 8 heteroatoms. The highest BCUT2D eigenvalue weighted by Gasteiger charge is 2.28. The number of aromatic nitrogens is 1. The lowest BCUT2D eigenvalue weighted by atomic mass is 10.2. The summed E-state index contributed by atoms with van der Waals surface area (Å²) >= 11 is 0. The second-order valence-electron chi connectivity index (χ2n) is 3.51. The van der Waals surface area contributed by atoms with Crippen LogP contribution in [0.5, 0.6) is 5.75 Å². The molecular weight excluding hydrogens is 292 g/mol. The van der Waals surface area contributed by atoms with E-state index in [-0.39, 0.29) is 36.6 Å². The third kappa shape index (κ3) is 6.28. The van der Waals surface area contributed by atoms with Crippen molar-refractivity contribution < 1.29 is 17.9 Å². The van der Waals surface area contributed by atoms with Gasteiger partial charge in [0, 0.05) is 6.04 Å². The molecular formula is C10H15Cl2F3N2O. The first-order valence-corrected chi connectivity index (χ1v) is 4.72. The van der Waals surface area contributed by atoms with E-state index in [1.165, 1.54) is 6.07 Å². The first-order valence-electron chi connectivity index (χ1n) is 4.72. The number of nitrogens with zero attached hydrogens (tertiary/aromatic N) is 1. The smallest absolute Gasteiger partial charge is 0.422 e. The van der Waals surface area contributed by atoms with E-state index in [4.69, 9.17) is 5.73 Å². The minimum Gasteiger partial charge on any atom is -0.482 e. The Bertz CT molecular complexity index is 373. The van der Waals surface area contributed by atoms with Crippen LogP contribution in [0.25, 0.3) is 0 Å². The van der Waals surface area contributed by atoms with Gasteiger partial charge in [-0.2, -0.15) is 13.2 Å². The number of hydrogen-bond donors (Lipinski definition) is 1. The summed E-state index contributed by atoms with van der Waals surface area (Å²) in [6, 6.07) is 2.76. The largest absolute Gasteiger partial charge is 0.482 e. The summed E-state index contributed by atoms with van der Waals surface area (Å²) in [5, 5.41) is 0. The molecule has 18 heavy (non-hydrogen) atoms. The van der Waals surface area contributed by atoms with Crippen molar-refractivity contribution in [3.8, 4) is 5.75 Å². The maximum atomic E-state index is 11.9. The lowest BCUT2D eigenvalue weighted by Crippen LogP contribution is -2.20. The van der Waals surface area contributed by atoms with Crippen LogP contribution in [0.1, 0.15) is 24.4 Å². The second kappa shape index (κ2) is 7.66. The highest BCUT2D eigenvalue weighted by atomic mass is 35.5. The Morgan fingerprint density at radius 2 is 1.89 bits per heavy atom. The van der Waals surface area contributed by atoms with Crippen molar-refractivity contribution >= 4 is 24.8 Å². The zero-order valence-electron chi connectivity index (χ0n) is 9.82. The molecule has 0 saturated heterocycles. The molecule has 0 fully saturated rings. The molecule has 0 spiro atoms. The van der Waals surface area contributed by atoms with Gasteiger partial charge >= 0.3 is 6.18 Å². The number of nitrogens with two attached hydrogens (primary N) is 1. The number of pyridine rings is 1. The molecule has 0 saturated carbocycles. The summed E-state index contributed by atoms with van der Waals surface area (Å²) in [6.45, 7) is 2.02. The lowest BCUT2D eigenvalue weighted by molar-refractivity contribution is -0.153. The SMILES string of the molecule is Cc1nc([C@@H](C)N)ccc1OCC(F)(F)F.Cl.Cl. The maximum absolute atomic E-state index is 11.9. The molecule has 0 aliphatic rings. The average Bonchev–Trinajstić information content (AvgIpc) is 2.14. The molecule has 0 bridgehead atoms. The fourth-order valence-electron chi connectivity index (χ4n) is 1.13. The van der Waals surface area contributed by atoms with Crippen LogP contribution in [0.15, 0.2) is 12.1 Å². The van der Waals surface area contributed by atoms with E-state index in [1.54, 1.807) is 19.9 Å². The van der Waals surface area contributed by atoms with E-state index in [0.717, 1.165) is 0 Å². The number of ether oxygens (including phenoxy) is 1. The van der Waals surface area contributed by atoms with Crippen molar-refractivity contribution in [1.82, 2.24) is 4.98 Å². The molecule has 0 unspecified atom stereocenters. The molecule has 1 aromatic rings. The molecule has 3 nitrogen and oxygen atoms in total. The summed E-state index contributed by atoms with van der Waals surface area (Å²) in [5.74, 6) is 0.127. The number of halogens is 5. The van der Waals surface area contributed by atoms with Gasteiger partial charge in [0.05, 0.1) is 11.4 Å². The van der Waals surface area contributed by atoms with E-state index in [0.29, 0.717) is 11.4 Å². The fourth-order valence-corrected chi connectivity index (χ4v) is 1.13. The van der Waals surface area contributed by atoms with Crippen LogP contribution < -0.4 is 10.5 Å². The van der Waals surface area contributed by atoms with Crippen LogP contribution in [0.2, 0.25) is 0 Å². The van der Waals surface area contributed by atoms with Crippen LogP contribution >= 0.6 is 24.8 Å². The predicted octanol–water partition coefficient (Wildman–Crippen LogP) is 3.19. The first-order chi connectivity index (χ1) is 7.29. The van der Waals surface area contributed by atoms with Gasteiger partial charge < -0.3 is 10.5 Å². The van der Waals surface area contributed by atoms with Crippen molar-refractivity contribution in [2.45, 2.75) is 26.1 Å². The third-order valence-electron chi connectivity index (χ3n) is 1.92. The van der Waals surface area contributed by atoms with Gasteiger partial charge in [0.25, 0.3) is 0 Å². The quantitative estimate of drug-likeness (QED) is 0.933. The Kier molecular flexibility index (Phi) is 8.34. The first kappa shape index (κ1) is 19.6.